The first-order valence-electron chi connectivity index (χ1n) is 6.38. The smallest absolute Gasteiger partial charge is 0.209 e. The van der Waals surface area contributed by atoms with Crippen molar-refractivity contribution in [1.29, 1.82) is 0 Å². The van der Waals surface area contributed by atoms with Gasteiger partial charge in [-0.25, -0.2) is 3.63 Å². The summed E-state index contributed by atoms with van der Waals surface area (Å²) >= 11 is 5.84. The van der Waals surface area contributed by atoms with Gasteiger partial charge in [-0.05, 0) is 42.0 Å². The second-order valence-electron chi connectivity index (χ2n) is 4.81. The van der Waals surface area contributed by atoms with Crippen LogP contribution in [0.15, 0.2) is 29.7 Å². The number of halogens is 4. The van der Waals surface area contributed by atoms with Gasteiger partial charge in [0.05, 0.1) is 0 Å². The van der Waals surface area contributed by atoms with E-state index < -0.39 is 25.9 Å². The van der Waals surface area contributed by atoms with Crippen molar-refractivity contribution in [2.75, 3.05) is 11.5 Å². The van der Waals surface area contributed by atoms with Gasteiger partial charge in [-0.2, -0.15) is 21.6 Å². The third-order valence-corrected chi connectivity index (χ3v) is 8.29. The monoisotopic (exact) mass is 374 g/mol. The maximum Gasteiger partial charge on any atom is 0.523 e. The molecular formula is C13H14ClF3O3S2. The molecule has 0 saturated carbocycles. The Morgan fingerprint density at radius 3 is 2.41 bits per heavy atom. The highest BCUT2D eigenvalue weighted by Crippen LogP contribution is 2.59. The third kappa shape index (κ3) is 4.18. The molecule has 3 nitrogen and oxygen atoms in total. The largest absolute Gasteiger partial charge is 0.523 e. The van der Waals surface area contributed by atoms with E-state index in [4.69, 9.17) is 11.6 Å². The first-order valence-corrected chi connectivity index (χ1v) is 10.1. The zero-order chi connectivity index (χ0) is 16.4. The van der Waals surface area contributed by atoms with Gasteiger partial charge in [0.2, 0.25) is 0 Å². The van der Waals surface area contributed by atoms with E-state index in [1.807, 2.05) is 0 Å². The predicted octanol–water partition coefficient (Wildman–Crippen LogP) is 4.69. The molecule has 0 spiro atoms. The van der Waals surface area contributed by atoms with Crippen LogP contribution in [0.2, 0.25) is 5.02 Å². The third-order valence-electron chi connectivity index (χ3n) is 3.10. The topological polar surface area (TPSA) is 43.4 Å². The van der Waals surface area contributed by atoms with Gasteiger partial charge in [-0.3, -0.25) is 0 Å². The Morgan fingerprint density at radius 2 is 1.86 bits per heavy atom. The Kier molecular flexibility index (Phi) is 5.16. The van der Waals surface area contributed by atoms with Crippen molar-refractivity contribution in [3.05, 3.63) is 40.3 Å². The van der Waals surface area contributed by atoms with Gasteiger partial charge in [-0.15, -0.1) is 0 Å². The maximum absolute atomic E-state index is 12.5. The van der Waals surface area contributed by atoms with Gasteiger partial charge in [0.25, 0.3) is 0 Å². The highest BCUT2D eigenvalue weighted by Gasteiger charge is 2.51. The fourth-order valence-corrected chi connectivity index (χ4v) is 6.98. The lowest BCUT2D eigenvalue weighted by Gasteiger charge is -2.30. The molecular weight excluding hydrogens is 361 g/mol. The molecule has 0 atom stereocenters. The predicted molar refractivity (Wildman–Crippen MR) is 83.1 cm³/mol. The minimum absolute atomic E-state index is 0.305. The van der Waals surface area contributed by atoms with E-state index in [1.54, 1.807) is 30.3 Å². The zero-order valence-corrected chi connectivity index (χ0v) is 13.7. The molecule has 1 fully saturated rings. The summed E-state index contributed by atoms with van der Waals surface area (Å²) in [7, 11) is -8.04. The van der Waals surface area contributed by atoms with Crippen LogP contribution in [0, 0.1) is 0 Å². The molecule has 0 N–H and O–H groups in total. The Hall–Kier alpha value is -0.700. The number of hydrogen-bond donors (Lipinski definition) is 0. The molecule has 0 aromatic heterocycles. The van der Waals surface area contributed by atoms with Crippen LogP contribution in [0.1, 0.15) is 18.4 Å². The molecule has 2 rings (SSSR count). The van der Waals surface area contributed by atoms with Gasteiger partial charge in [-0.1, -0.05) is 34.0 Å². The molecule has 1 aromatic carbocycles. The van der Waals surface area contributed by atoms with E-state index in [-0.39, 0.29) is 0 Å². The van der Waals surface area contributed by atoms with Gasteiger partial charge in [0, 0.05) is 16.5 Å². The quantitative estimate of drug-likeness (QED) is 0.718. The molecule has 1 aliphatic rings. The van der Waals surface area contributed by atoms with E-state index in [1.165, 1.54) is 5.41 Å². The van der Waals surface area contributed by atoms with E-state index in [0.29, 0.717) is 34.9 Å². The molecule has 124 valence electrons. The Balaban J connectivity index is 2.26. The number of benzene rings is 1. The van der Waals surface area contributed by atoms with Crippen molar-refractivity contribution in [1.82, 2.24) is 0 Å². The molecule has 0 aliphatic carbocycles. The van der Waals surface area contributed by atoms with Crippen LogP contribution in [0.4, 0.5) is 13.2 Å². The minimum atomic E-state index is -5.59. The fourth-order valence-electron chi connectivity index (χ4n) is 2.05. The summed E-state index contributed by atoms with van der Waals surface area (Å²) in [5, 5.41) is 1.95. The van der Waals surface area contributed by atoms with Crippen LogP contribution in [-0.2, 0) is 13.7 Å². The van der Waals surface area contributed by atoms with Crippen molar-refractivity contribution < 1.29 is 25.2 Å². The summed E-state index contributed by atoms with van der Waals surface area (Å²) < 4.78 is 64.8. The van der Waals surface area contributed by atoms with Gasteiger partial charge in [0.15, 0.2) is 0 Å². The summed E-state index contributed by atoms with van der Waals surface area (Å²) in [5.74, 6) is 0.610. The molecule has 0 amide bonds. The second kappa shape index (κ2) is 6.43. The van der Waals surface area contributed by atoms with Gasteiger partial charge in [0.1, 0.15) is 0 Å². The highest BCUT2D eigenvalue weighted by atomic mass is 35.5. The molecule has 1 heterocycles. The molecule has 1 saturated heterocycles. The molecule has 0 unspecified atom stereocenters. The first-order chi connectivity index (χ1) is 10.1. The van der Waals surface area contributed by atoms with Crippen molar-refractivity contribution in [2.24, 2.45) is 0 Å². The Bertz CT molecular complexity index is 665. The van der Waals surface area contributed by atoms with Crippen LogP contribution in [0.5, 0.6) is 0 Å². The van der Waals surface area contributed by atoms with Gasteiger partial charge >= 0.3 is 15.6 Å². The summed E-state index contributed by atoms with van der Waals surface area (Å²) in [4.78, 5) is 0. The van der Waals surface area contributed by atoms with Crippen LogP contribution in [0.3, 0.4) is 0 Å². The van der Waals surface area contributed by atoms with Gasteiger partial charge < -0.3 is 0 Å². The lowest BCUT2D eigenvalue weighted by Crippen LogP contribution is -2.27. The van der Waals surface area contributed by atoms with Crippen molar-refractivity contribution in [2.45, 2.75) is 18.3 Å². The Labute approximate surface area is 133 Å². The average Bonchev–Trinajstić information content (AvgIpc) is 2.83. The number of hydrogen-bond acceptors (Lipinski definition) is 3. The average molecular weight is 375 g/mol. The van der Waals surface area contributed by atoms with Crippen molar-refractivity contribution in [3.8, 4) is 0 Å². The van der Waals surface area contributed by atoms with Crippen LogP contribution in [0.25, 0.3) is 6.08 Å². The molecule has 1 aromatic rings. The SMILES string of the molecule is O=S(=O)(OS1(C=Cc2cccc(Cl)c2)CCCC1)C(F)(F)F. The first kappa shape index (κ1) is 17.7. The van der Waals surface area contributed by atoms with E-state index in [0.717, 1.165) is 0 Å². The lowest BCUT2D eigenvalue weighted by atomic mass is 10.2. The molecule has 9 heteroatoms. The summed E-state index contributed by atoms with van der Waals surface area (Å²) in [5.41, 5.74) is -4.72. The molecule has 0 bridgehead atoms. The normalized spacial score (nSPS) is 20.4. The van der Waals surface area contributed by atoms with E-state index in [9.17, 15) is 21.6 Å². The van der Waals surface area contributed by atoms with Crippen LogP contribution >= 0.6 is 21.9 Å². The minimum Gasteiger partial charge on any atom is -0.209 e. The molecule has 0 radical (unpaired) electrons. The number of alkyl halides is 3. The van der Waals surface area contributed by atoms with Crippen LogP contribution in [-0.4, -0.2) is 25.4 Å². The maximum atomic E-state index is 12.5. The van der Waals surface area contributed by atoms with Crippen molar-refractivity contribution in [3.63, 3.8) is 0 Å². The lowest BCUT2D eigenvalue weighted by molar-refractivity contribution is -0.0495. The Morgan fingerprint density at radius 1 is 1.23 bits per heavy atom. The van der Waals surface area contributed by atoms with Crippen molar-refractivity contribution >= 4 is 38.1 Å². The van der Waals surface area contributed by atoms with Crippen LogP contribution < -0.4 is 0 Å². The second-order valence-corrected chi connectivity index (χ2v) is 9.99. The van der Waals surface area contributed by atoms with E-state index >= 15 is 0 Å². The summed E-state index contributed by atoms with van der Waals surface area (Å²) in [6.07, 6.45) is 2.85. The fraction of sp³-hybridized carbons (Fsp3) is 0.385. The van der Waals surface area contributed by atoms with E-state index in [2.05, 4.69) is 3.63 Å². The molecule has 22 heavy (non-hydrogen) atoms. The summed E-state index contributed by atoms with van der Waals surface area (Å²) in [6.45, 7) is 0. The molecule has 1 aliphatic heterocycles. The highest BCUT2D eigenvalue weighted by molar-refractivity contribution is 8.35. The standard InChI is InChI=1S/C13H14ClF3O3S2/c14-12-5-3-4-11(10-12)6-9-21(7-1-2-8-21)20-22(18,19)13(15,16)17/h3-6,9-10H,1-2,7-8H2. The zero-order valence-electron chi connectivity index (χ0n) is 11.3. The number of rotatable bonds is 4. The summed E-state index contributed by atoms with van der Waals surface area (Å²) in [6, 6.07) is 6.73.